The molecule has 0 aromatic carbocycles. The van der Waals surface area contributed by atoms with E-state index >= 15 is 0 Å². The van der Waals surface area contributed by atoms with Crippen LogP contribution >= 0.6 is 0 Å². The Bertz CT molecular complexity index is 185. The summed E-state index contributed by atoms with van der Waals surface area (Å²) in [5.74, 6) is 0.949. The zero-order valence-electron chi connectivity index (χ0n) is 8.97. The Morgan fingerprint density at radius 1 is 1.23 bits per heavy atom. The molecule has 2 saturated carbocycles. The molecule has 0 radical (unpaired) electrons. The number of hydrogen-bond acceptors (Lipinski definition) is 1. The smallest absolute Gasteiger partial charge is 0.0698 e. The van der Waals surface area contributed by atoms with Gasteiger partial charge in [-0.1, -0.05) is 13.8 Å². The molecule has 76 valence electrons. The molecule has 1 nitrogen and oxygen atoms in total. The highest BCUT2D eigenvalue weighted by Crippen LogP contribution is 2.60. The Labute approximate surface area is 81.5 Å². The van der Waals surface area contributed by atoms with Crippen LogP contribution in [0.2, 0.25) is 0 Å². The van der Waals surface area contributed by atoms with E-state index in [0.29, 0.717) is 5.41 Å². The van der Waals surface area contributed by atoms with Crippen LogP contribution < -0.4 is 0 Å². The van der Waals surface area contributed by atoms with Crippen molar-refractivity contribution < 1.29 is 5.11 Å². The average Bonchev–Trinajstić information content (AvgIpc) is 2.77. The van der Waals surface area contributed by atoms with Crippen LogP contribution in [0.4, 0.5) is 0 Å². The molecule has 0 amide bonds. The predicted octanol–water partition coefficient (Wildman–Crippen LogP) is 3.12. The minimum atomic E-state index is -0.349. The van der Waals surface area contributed by atoms with Crippen molar-refractivity contribution in [3.05, 3.63) is 0 Å². The van der Waals surface area contributed by atoms with E-state index in [2.05, 4.69) is 13.8 Å². The zero-order chi connectivity index (χ0) is 9.53. The summed E-state index contributed by atoms with van der Waals surface area (Å²) < 4.78 is 0. The Balaban J connectivity index is 2.22. The summed E-state index contributed by atoms with van der Waals surface area (Å²) in [6.07, 6.45) is 8.52. The Morgan fingerprint density at radius 3 is 2.08 bits per heavy atom. The lowest BCUT2D eigenvalue weighted by molar-refractivity contribution is -0.0867. The Hall–Kier alpha value is -0.0400. The molecule has 0 unspecified atom stereocenters. The molecule has 0 aliphatic heterocycles. The highest BCUT2D eigenvalue weighted by atomic mass is 16.3. The fourth-order valence-electron chi connectivity index (χ4n) is 3.85. The fourth-order valence-corrected chi connectivity index (χ4v) is 3.85. The van der Waals surface area contributed by atoms with Crippen molar-refractivity contribution in [1.29, 1.82) is 0 Å². The van der Waals surface area contributed by atoms with Gasteiger partial charge in [-0.15, -0.1) is 0 Å². The molecule has 2 bridgehead atoms. The molecule has 2 rings (SSSR count). The lowest BCUT2D eigenvalue weighted by Crippen LogP contribution is -2.44. The van der Waals surface area contributed by atoms with Crippen LogP contribution in [0.25, 0.3) is 0 Å². The average molecular weight is 182 g/mol. The van der Waals surface area contributed by atoms with Gasteiger partial charge < -0.3 is 5.11 Å². The van der Waals surface area contributed by atoms with E-state index in [1.807, 2.05) is 0 Å². The van der Waals surface area contributed by atoms with E-state index in [9.17, 15) is 5.11 Å². The predicted molar refractivity (Wildman–Crippen MR) is 54.5 cm³/mol. The van der Waals surface area contributed by atoms with Crippen LogP contribution in [0, 0.1) is 11.3 Å². The maximum Gasteiger partial charge on any atom is 0.0698 e. The molecule has 13 heavy (non-hydrogen) atoms. The van der Waals surface area contributed by atoms with Crippen molar-refractivity contribution in [2.45, 2.75) is 64.4 Å². The first-order valence-corrected chi connectivity index (χ1v) is 5.88. The standard InChI is InChI=1S/C12H22O/c1-3-12(13,4-2)11-7-5-10(9-11)6-8-11/h10,13H,3-9H2,1-2H3. The summed E-state index contributed by atoms with van der Waals surface area (Å²) in [5.41, 5.74) is -0.0284. The van der Waals surface area contributed by atoms with Gasteiger partial charge in [-0.2, -0.15) is 0 Å². The second kappa shape index (κ2) is 2.98. The van der Waals surface area contributed by atoms with Crippen LogP contribution in [0.15, 0.2) is 0 Å². The van der Waals surface area contributed by atoms with Crippen molar-refractivity contribution in [3.63, 3.8) is 0 Å². The van der Waals surface area contributed by atoms with E-state index < -0.39 is 0 Å². The van der Waals surface area contributed by atoms with Gasteiger partial charge in [-0.3, -0.25) is 0 Å². The van der Waals surface area contributed by atoms with Gasteiger partial charge in [0.15, 0.2) is 0 Å². The van der Waals surface area contributed by atoms with Crippen LogP contribution in [0.3, 0.4) is 0 Å². The third kappa shape index (κ3) is 1.16. The van der Waals surface area contributed by atoms with Crippen LogP contribution in [-0.4, -0.2) is 10.7 Å². The molecule has 1 heteroatoms. The van der Waals surface area contributed by atoms with Crippen molar-refractivity contribution in [2.75, 3.05) is 0 Å². The largest absolute Gasteiger partial charge is 0.389 e. The number of aliphatic hydroxyl groups is 1. The van der Waals surface area contributed by atoms with Crippen molar-refractivity contribution in [2.24, 2.45) is 11.3 Å². The van der Waals surface area contributed by atoms with E-state index in [0.717, 1.165) is 18.8 Å². The van der Waals surface area contributed by atoms with E-state index in [1.165, 1.54) is 32.1 Å². The van der Waals surface area contributed by atoms with Gasteiger partial charge in [0.25, 0.3) is 0 Å². The van der Waals surface area contributed by atoms with Gasteiger partial charge in [-0.05, 0) is 56.3 Å². The monoisotopic (exact) mass is 182 g/mol. The molecular formula is C12H22O. The quantitative estimate of drug-likeness (QED) is 0.711. The highest BCUT2D eigenvalue weighted by molar-refractivity contribution is 5.06. The highest BCUT2D eigenvalue weighted by Gasteiger charge is 2.55. The first-order valence-electron chi connectivity index (χ1n) is 5.88. The topological polar surface area (TPSA) is 20.2 Å². The normalized spacial score (nSPS) is 38.5. The molecule has 2 aliphatic carbocycles. The lowest BCUT2D eigenvalue weighted by atomic mass is 9.67. The van der Waals surface area contributed by atoms with Crippen LogP contribution in [0.1, 0.15) is 58.8 Å². The third-order valence-electron chi connectivity index (χ3n) is 4.90. The van der Waals surface area contributed by atoms with Gasteiger partial charge in [0.1, 0.15) is 0 Å². The van der Waals surface area contributed by atoms with Gasteiger partial charge in [0.2, 0.25) is 0 Å². The molecule has 0 saturated heterocycles. The maximum atomic E-state index is 10.6. The van der Waals surface area contributed by atoms with Crippen LogP contribution in [-0.2, 0) is 0 Å². The summed E-state index contributed by atoms with van der Waals surface area (Å²) in [4.78, 5) is 0. The third-order valence-corrected chi connectivity index (χ3v) is 4.90. The second-order valence-corrected chi connectivity index (χ2v) is 5.17. The van der Waals surface area contributed by atoms with Crippen LogP contribution in [0.5, 0.6) is 0 Å². The molecule has 0 aromatic heterocycles. The molecule has 0 heterocycles. The first-order chi connectivity index (χ1) is 6.16. The molecule has 2 aliphatic rings. The molecular weight excluding hydrogens is 160 g/mol. The SMILES string of the molecule is CCC(O)(CC)C12CCC(CC1)C2. The minimum Gasteiger partial charge on any atom is -0.389 e. The van der Waals surface area contributed by atoms with Gasteiger partial charge >= 0.3 is 0 Å². The molecule has 1 N–H and O–H groups in total. The van der Waals surface area contributed by atoms with E-state index in [-0.39, 0.29) is 5.60 Å². The molecule has 0 aromatic rings. The second-order valence-electron chi connectivity index (χ2n) is 5.17. The number of fused-ring (bicyclic) bond motifs is 2. The van der Waals surface area contributed by atoms with Crippen molar-refractivity contribution in [1.82, 2.24) is 0 Å². The van der Waals surface area contributed by atoms with Crippen molar-refractivity contribution >= 4 is 0 Å². The number of hydrogen-bond donors (Lipinski definition) is 1. The minimum absolute atomic E-state index is 0.321. The molecule has 2 fully saturated rings. The summed E-state index contributed by atoms with van der Waals surface area (Å²) in [5, 5.41) is 10.6. The van der Waals surface area contributed by atoms with Gasteiger partial charge in [-0.25, -0.2) is 0 Å². The Kier molecular flexibility index (Phi) is 2.18. The zero-order valence-corrected chi connectivity index (χ0v) is 8.97. The summed E-state index contributed by atoms with van der Waals surface area (Å²) in [6, 6.07) is 0. The van der Waals surface area contributed by atoms with Gasteiger partial charge in [0, 0.05) is 0 Å². The van der Waals surface area contributed by atoms with E-state index in [4.69, 9.17) is 0 Å². The first kappa shape index (κ1) is 9.51. The fraction of sp³-hybridized carbons (Fsp3) is 1.00. The van der Waals surface area contributed by atoms with Crippen molar-refractivity contribution in [3.8, 4) is 0 Å². The molecule has 0 atom stereocenters. The molecule has 0 spiro atoms. The summed E-state index contributed by atoms with van der Waals surface area (Å²) >= 11 is 0. The Morgan fingerprint density at radius 2 is 1.77 bits per heavy atom. The lowest BCUT2D eigenvalue weighted by Gasteiger charge is -2.43. The summed E-state index contributed by atoms with van der Waals surface area (Å²) in [7, 11) is 0. The van der Waals surface area contributed by atoms with Gasteiger partial charge in [0.05, 0.1) is 5.60 Å². The maximum absolute atomic E-state index is 10.6. The number of rotatable bonds is 3. The van der Waals surface area contributed by atoms with E-state index in [1.54, 1.807) is 0 Å². The summed E-state index contributed by atoms with van der Waals surface area (Å²) in [6.45, 7) is 4.29.